The summed E-state index contributed by atoms with van der Waals surface area (Å²) in [6, 6.07) is 22.1. The molecule has 23 heavy (non-hydrogen) atoms. The van der Waals surface area contributed by atoms with Crippen LogP contribution in [0.4, 0.5) is 0 Å². The average Bonchev–Trinajstić information content (AvgIpc) is 2.84. The van der Waals surface area contributed by atoms with E-state index in [-0.39, 0.29) is 24.8 Å². The maximum atomic E-state index is 2.38. The molecule has 0 radical (unpaired) electrons. The molecule has 0 aromatic heterocycles. The topological polar surface area (TPSA) is 0 Å². The van der Waals surface area contributed by atoms with E-state index >= 15 is 0 Å². The quantitative estimate of drug-likeness (QED) is 0.491. The number of aryl methyl sites for hydroxylation is 1. The van der Waals surface area contributed by atoms with Gasteiger partial charge in [0, 0.05) is 0 Å². The monoisotopic (exact) mass is 415 g/mol. The first-order valence-electron chi connectivity index (χ1n) is 7.25. The molecule has 3 aromatic rings. The van der Waals surface area contributed by atoms with Crippen LogP contribution in [0.5, 0.6) is 0 Å². The van der Waals surface area contributed by atoms with Gasteiger partial charge >= 0.3 is 141 Å². The van der Waals surface area contributed by atoms with Gasteiger partial charge in [-0.05, 0) is 0 Å². The molecule has 0 aliphatic heterocycles. The molecule has 0 bridgehead atoms. The van der Waals surface area contributed by atoms with E-state index in [2.05, 4.69) is 73.7 Å². The number of hydrogen-bond acceptors (Lipinski definition) is 0. The van der Waals surface area contributed by atoms with Crippen molar-refractivity contribution in [2.45, 2.75) is 10.5 Å². The van der Waals surface area contributed by atoms with Gasteiger partial charge in [0.2, 0.25) is 0 Å². The van der Waals surface area contributed by atoms with Crippen LogP contribution in [-0.4, -0.2) is 0 Å². The summed E-state index contributed by atoms with van der Waals surface area (Å²) in [6.07, 6.45) is 2.38. The van der Waals surface area contributed by atoms with Crippen molar-refractivity contribution in [3.05, 3.63) is 82.9 Å². The van der Waals surface area contributed by atoms with Gasteiger partial charge in [-0.15, -0.1) is 0 Å². The fourth-order valence-electron chi connectivity index (χ4n) is 3.26. The van der Waals surface area contributed by atoms with Gasteiger partial charge in [-0.2, -0.15) is 0 Å². The summed E-state index contributed by atoms with van der Waals surface area (Å²) in [4.78, 5) is 0. The molecule has 1 aliphatic carbocycles. The Balaban J connectivity index is 0.000000960. The third-order valence-electron chi connectivity index (χ3n) is 4.25. The molecular weight excluding hydrogens is 402 g/mol. The first-order valence-corrected chi connectivity index (χ1v) is 8.67. The fraction of sp³-hybridized carbons (Fsp3) is 0.100. The van der Waals surface area contributed by atoms with Crippen LogP contribution in [0, 0.1) is 6.92 Å². The van der Waals surface area contributed by atoms with Crippen molar-refractivity contribution in [3.63, 3.8) is 0 Å². The van der Waals surface area contributed by atoms with E-state index in [0.29, 0.717) is 3.63 Å². The van der Waals surface area contributed by atoms with Crippen LogP contribution in [0.1, 0.15) is 25.9 Å². The van der Waals surface area contributed by atoms with Crippen molar-refractivity contribution in [1.29, 1.82) is 0 Å². The van der Waals surface area contributed by atoms with Gasteiger partial charge in [-0.3, -0.25) is 0 Å². The van der Waals surface area contributed by atoms with Crippen LogP contribution in [0.25, 0.3) is 22.4 Å². The van der Waals surface area contributed by atoms with Crippen LogP contribution in [0.2, 0.25) is 0 Å². The maximum Gasteiger partial charge on any atom is -1.00 e. The van der Waals surface area contributed by atoms with Crippen molar-refractivity contribution in [2.24, 2.45) is 0 Å². The summed E-state index contributed by atoms with van der Waals surface area (Å²) < 4.78 is 0.554. The van der Waals surface area contributed by atoms with E-state index in [1.165, 1.54) is 38.6 Å². The van der Waals surface area contributed by atoms with E-state index in [1.807, 2.05) is 0 Å². The minimum absolute atomic E-state index is 0. The zero-order valence-electron chi connectivity index (χ0n) is 12.7. The minimum Gasteiger partial charge on any atom is -1.00 e. The number of rotatable bonds is 1. The predicted octanol–water partition coefficient (Wildman–Crippen LogP) is -0.702. The summed E-state index contributed by atoms with van der Waals surface area (Å²) in [5, 5.41) is 2.71. The smallest absolute Gasteiger partial charge is 1.00 e. The number of allylic oxidation sites excluding steroid dienone is 1. The molecule has 0 N–H and O–H groups in total. The Bertz CT molecular complexity index is 884. The molecule has 1 atom stereocenters. The molecule has 0 nitrogen and oxygen atoms in total. The molecule has 1 unspecified atom stereocenters. The summed E-state index contributed by atoms with van der Waals surface area (Å²) in [6.45, 7) is 2.19. The van der Waals surface area contributed by atoms with E-state index < -0.39 is 0 Å². The first-order chi connectivity index (χ1) is 10.2. The molecule has 0 heterocycles. The maximum absolute atomic E-state index is 2.38. The second-order valence-corrected chi connectivity index (χ2v) is 7.11. The van der Waals surface area contributed by atoms with Crippen molar-refractivity contribution < 1.29 is 49.5 Å². The van der Waals surface area contributed by atoms with Crippen LogP contribution in [0.15, 0.2) is 60.7 Å². The van der Waals surface area contributed by atoms with Gasteiger partial charge in [-0.1, -0.05) is 0 Å². The third kappa shape index (κ3) is 3.20. The number of halogens is 2. The molecule has 4 rings (SSSR count). The van der Waals surface area contributed by atoms with Gasteiger partial charge in [-0.25, -0.2) is 0 Å². The van der Waals surface area contributed by atoms with E-state index in [9.17, 15) is 0 Å². The molecule has 1 aliphatic rings. The van der Waals surface area contributed by atoms with Gasteiger partial charge in [0.15, 0.2) is 0 Å². The molecule has 0 spiro atoms. The summed E-state index contributed by atoms with van der Waals surface area (Å²) in [5.74, 6) is 0. The third-order valence-corrected chi connectivity index (χ3v) is 5.78. The summed E-state index contributed by atoms with van der Waals surface area (Å²) in [7, 11) is 0. The molecule has 0 saturated heterocycles. The Morgan fingerprint density at radius 3 is 2.35 bits per heavy atom. The van der Waals surface area contributed by atoms with Crippen molar-refractivity contribution in [1.82, 2.24) is 0 Å². The minimum atomic E-state index is 0. The molecule has 0 amide bonds. The Labute approximate surface area is 164 Å². The van der Waals surface area contributed by atoms with Gasteiger partial charge in [0.25, 0.3) is 0 Å². The second kappa shape index (κ2) is 7.35. The zero-order chi connectivity index (χ0) is 14.4. The Morgan fingerprint density at radius 1 is 0.870 bits per heavy atom. The van der Waals surface area contributed by atoms with Gasteiger partial charge < -0.3 is 24.8 Å². The standard InChI is InChI=1S/C20H15.2ClH.Zr/c1-14-10-17-8-4-5-9-19(17)20(11-14)18-12-15-6-2-3-7-16(15)13-18;;;/h2-13H,1H3;2*1H;/q;;;+2/p-2. The largest absolute Gasteiger partial charge is 1.00 e. The fourth-order valence-corrected chi connectivity index (χ4v) is 4.49. The molecule has 3 aromatic carbocycles. The zero-order valence-corrected chi connectivity index (χ0v) is 16.7. The van der Waals surface area contributed by atoms with E-state index in [0.717, 1.165) is 0 Å². The summed E-state index contributed by atoms with van der Waals surface area (Å²) in [5.41, 5.74) is 7.10. The first kappa shape index (κ1) is 18.5. The van der Waals surface area contributed by atoms with Crippen LogP contribution >= 0.6 is 0 Å². The Hall–Kier alpha value is -0.877. The van der Waals surface area contributed by atoms with Crippen molar-refractivity contribution >= 4 is 22.4 Å². The van der Waals surface area contributed by atoms with Gasteiger partial charge in [0.05, 0.1) is 0 Å². The van der Waals surface area contributed by atoms with Crippen LogP contribution in [0.3, 0.4) is 0 Å². The summed E-state index contributed by atoms with van der Waals surface area (Å²) >= 11 is 1.56. The molecule has 0 saturated carbocycles. The Morgan fingerprint density at radius 2 is 1.57 bits per heavy atom. The van der Waals surface area contributed by atoms with Crippen LogP contribution < -0.4 is 24.8 Å². The van der Waals surface area contributed by atoms with E-state index in [4.69, 9.17) is 0 Å². The number of benzene rings is 3. The second-order valence-electron chi connectivity index (χ2n) is 5.70. The molecular formula is C20H15Cl2Zr. The molecule has 3 heteroatoms. The van der Waals surface area contributed by atoms with E-state index in [1.54, 1.807) is 24.7 Å². The predicted molar refractivity (Wildman–Crippen MR) is 85.7 cm³/mol. The number of hydrogen-bond donors (Lipinski definition) is 0. The van der Waals surface area contributed by atoms with Crippen molar-refractivity contribution in [2.75, 3.05) is 0 Å². The molecule has 0 fully saturated rings. The van der Waals surface area contributed by atoms with Gasteiger partial charge in [0.1, 0.15) is 0 Å². The van der Waals surface area contributed by atoms with Crippen LogP contribution in [-0.2, 0) is 24.7 Å². The van der Waals surface area contributed by atoms with Crippen molar-refractivity contribution in [3.8, 4) is 0 Å². The molecule has 113 valence electrons. The average molecular weight is 417 g/mol. The normalized spacial score (nSPS) is 15.4. The Kier molecular flexibility index (Phi) is 5.90. The number of fused-ring (bicyclic) bond motifs is 2. The SMILES string of the molecule is Cc1cc(C2=Cc3ccccc3[CH]2[Zr+2])c2ccccc2c1.[Cl-].[Cl-].